The zero-order valence-corrected chi connectivity index (χ0v) is 46.3. The van der Waals surface area contributed by atoms with Crippen LogP contribution in [0.1, 0.15) is 0 Å². The Bertz CT molecular complexity index is 4850. The van der Waals surface area contributed by atoms with E-state index >= 15 is 0 Å². The van der Waals surface area contributed by atoms with Gasteiger partial charge < -0.3 is 23.5 Å². The Morgan fingerprint density at radius 1 is 0.214 bits per heavy atom. The van der Waals surface area contributed by atoms with Crippen LogP contribution in [0.5, 0.6) is 0 Å². The molecular formula is C78H51N3O2S. The Morgan fingerprint density at radius 2 is 0.571 bits per heavy atom. The Kier molecular flexibility index (Phi) is 12.0. The second kappa shape index (κ2) is 20.6. The summed E-state index contributed by atoms with van der Waals surface area (Å²) in [5, 5.41) is 6.92. The van der Waals surface area contributed by atoms with Crippen molar-refractivity contribution in [1.29, 1.82) is 0 Å². The van der Waals surface area contributed by atoms with Crippen molar-refractivity contribution in [3.05, 3.63) is 309 Å². The monoisotopic (exact) mass is 1090 g/mol. The van der Waals surface area contributed by atoms with Crippen molar-refractivity contribution >= 4 is 127 Å². The molecule has 0 aliphatic heterocycles. The van der Waals surface area contributed by atoms with Crippen LogP contribution in [0.4, 0.5) is 51.2 Å². The highest BCUT2D eigenvalue weighted by Gasteiger charge is 2.25. The van der Waals surface area contributed by atoms with Gasteiger partial charge in [-0.3, -0.25) is 0 Å². The average molecular weight is 1090 g/mol. The number of anilines is 9. The quantitative estimate of drug-likeness (QED) is 0.122. The van der Waals surface area contributed by atoms with E-state index in [-0.39, 0.29) is 0 Å². The number of benzene rings is 13. The molecule has 16 aromatic rings. The molecule has 3 heterocycles. The van der Waals surface area contributed by atoms with Crippen LogP contribution >= 0.6 is 11.3 Å². The fourth-order valence-corrected chi connectivity index (χ4v) is 13.4. The molecule has 0 aliphatic rings. The number of fused-ring (bicyclic) bond motifs is 9. The number of furan rings is 2. The Labute approximate surface area is 490 Å². The largest absolute Gasteiger partial charge is 0.456 e. The second-order valence-corrected chi connectivity index (χ2v) is 22.3. The Hall–Kier alpha value is -10.9. The first-order chi connectivity index (χ1) is 41.6. The van der Waals surface area contributed by atoms with Gasteiger partial charge in [0.2, 0.25) is 0 Å². The predicted molar refractivity (Wildman–Crippen MR) is 354 cm³/mol. The normalized spacial score (nSPS) is 11.6. The van der Waals surface area contributed by atoms with Crippen molar-refractivity contribution < 1.29 is 8.83 Å². The first-order valence-electron chi connectivity index (χ1n) is 28.4. The van der Waals surface area contributed by atoms with E-state index in [0.717, 1.165) is 123 Å². The van der Waals surface area contributed by atoms with E-state index in [2.05, 4.69) is 300 Å². The van der Waals surface area contributed by atoms with Crippen LogP contribution in [0.15, 0.2) is 318 Å². The second-order valence-electron chi connectivity index (χ2n) is 21.3. The maximum atomic E-state index is 6.25. The summed E-state index contributed by atoms with van der Waals surface area (Å²) >= 11 is 1.84. The molecule has 0 unspecified atom stereocenters. The summed E-state index contributed by atoms with van der Waals surface area (Å²) in [5.41, 5.74) is 19.6. The van der Waals surface area contributed by atoms with E-state index in [4.69, 9.17) is 8.83 Å². The third kappa shape index (κ3) is 8.72. The van der Waals surface area contributed by atoms with Gasteiger partial charge in [0.15, 0.2) is 0 Å². The molecule has 0 aliphatic carbocycles. The number of thiophene rings is 1. The van der Waals surface area contributed by atoms with Crippen LogP contribution in [0, 0.1) is 0 Å². The lowest BCUT2D eigenvalue weighted by Gasteiger charge is -2.33. The molecular weight excluding hydrogens is 1040 g/mol. The lowest BCUT2D eigenvalue weighted by Crippen LogP contribution is -2.16. The van der Waals surface area contributed by atoms with Crippen molar-refractivity contribution in [2.75, 3.05) is 14.7 Å². The molecule has 16 rings (SSSR count). The van der Waals surface area contributed by atoms with Crippen molar-refractivity contribution in [3.8, 4) is 33.4 Å². The summed E-state index contributed by atoms with van der Waals surface area (Å²) in [6, 6.07) is 111. The first-order valence-corrected chi connectivity index (χ1v) is 29.2. The molecule has 396 valence electrons. The summed E-state index contributed by atoms with van der Waals surface area (Å²) in [6.45, 7) is 0. The van der Waals surface area contributed by atoms with Gasteiger partial charge in [0, 0.05) is 65.5 Å². The van der Waals surface area contributed by atoms with Crippen molar-refractivity contribution in [2.24, 2.45) is 0 Å². The molecule has 0 amide bonds. The van der Waals surface area contributed by atoms with Gasteiger partial charge in [-0.1, -0.05) is 182 Å². The van der Waals surface area contributed by atoms with E-state index < -0.39 is 0 Å². The van der Waals surface area contributed by atoms with Crippen molar-refractivity contribution in [2.45, 2.75) is 0 Å². The van der Waals surface area contributed by atoms with Crippen LogP contribution in [-0.2, 0) is 0 Å². The highest BCUT2D eigenvalue weighted by atomic mass is 32.1. The van der Waals surface area contributed by atoms with Crippen LogP contribution < -0.4 is 14.7 Å². The van der Waals surface area contributed by atoms with E-state index in [0.29, 0.717) is 0 Å². The van der Waals surface area contributed by atoms with Gasteiger partial charge in [0.1, 0.15) is 22.3 Å². The third-order valence-electron chi connectivity index (χ3n) is 16.2. The van der Waals surface area contributed by atoms with E-state index in [1.54, 1.807) is 0 Å². The van der Waals surface area contributed by atoms with Crippen molar-refractivity contribution in [1.82, 2.24) is 0 Å². The lowest BCUT2D eigenvalue weighted by molar-refractivity contribution is 0.668. The predicted octanol–water partition coefficient (Wildman–Crippen LogP) is 23.3. The van der Waals surface area contributed by atoms with Gasteiger partial charge in [0.25, 0.3) is 0 Å². The first kappa shape index (κ1) is 48.9. The molecule has 0 N–H and O–H groups in total. The lowest BCUT2D eigenvalue weighted by atomic mass is 10.0. The molecule has 0 spiro atoms. The fraction of sp³-hybridized carbons (Fsp3) is 0. The number of nitrogens with zero attached hydrogens (tertiary/aromatic N) is 3. The molecule has 13 aromatic carbocycles. The third-order valence-corrected chi connectivity index (χ3v) is 17.4. The highest BCUT2D eigenvalue weighted by Crippen LogP contribution is 2.50. The minimum absolute atomic E-state index is 0.883. The summed E-state index contributed by atoms with van der Waals surface area (Å²) in [5.74, 6) is 0. The molecule has 0 saturated heterocycles. The summed E-state index contributed by atoms with van der Waals surface area (Å²) < 4.78 is 15.0. The van der Waals surface area contributed by atoms with Gasteiger partial charge >= 0.3 is 0 Å². The molecule has 0 bridgehead atoms. The van der Waals surface area contributed by atoms with Gasteiger partial charge in [0.05, 0.1) is 27.4 Å². The minimum atomic E-state index is 0.883. The van der Waals surface area contributed by atoms with Crippen LogP contribution in [0.2, 0.25) is 0 Å². The van der Waals surface area contributed by atoms with Crippen LogP contribution in [0.3, 0.4) is 0 Å². The Balaban J connectivity index is 0.904. The van der Waals surface area contributed by atoms with Gasteiger partial charge in [-0.25, -0.2) is 0 Å². The molecule has 0 radical (unpaired) electrons. The average Bonchev–Trinajstić information content (AvgIpc) is 3.55. The number of rotatable bonds is 12. The standard InChI is InChI=1S/C78H51N3O2S/c1-4-17-52(18-5-1)53-31-43-62(44-32-53)81(72-27-16-26-69-68-25-12-15-30-77(68)84-78(69)72)65-50-63(79(58-19-6-2-7-20-58)60-39-33-54(34-40-60)56-37-45-75-70(47-56)66-23-10-13-28-73(66)82-75)49-64(51-65)80(59-21-8-3-9-22-59)61-41-35-55(36-42-61)57-38-46-76-71(48-57)67-24-11-14-29-74(67)83-76/h1-51H. The maximum absolute atomic E-state index is 6.25. The molecule has 84 heavy (non-hydrogen) atoms. The smallest absolute Gasteiger partial charge is 0.135 e. The maximum Gasteiger partial charge on any atom is 0.135 e. The molecule has 0 saturated carbocycles. The molecule has 3 aromatic heterocycles. The van der Waals surface area contributed by atoms with Crippen LogP contribution in [0.25, 0.3) is 97.4 Å². The molecule has 5 nitrogen and oxygen atoms in total. The summed E-state index contributed by atoms with van der Waals surface area (Å²) in [4.78, 5) is 7.24. The molecule has 6 heteroatoms. The zero-order valence-electron chi connectivity index (χ0n) is 45.5. The SMILES string of the molecule is c1ccc(-c2ccc(N(c3cc(N(c4ccccc4)c4ccc(-c5ccc6oc7ccccc7c6c5)cc4)cc(N(c4ccccc4)c4ccc(-c5ccc6oc7ccccc7c6c5)cc4)c3)c3cccc4c3sc3ccccc34)cc2)cc1. The van der Waals surface area contributed by atoms with E-state index in [9.17, 15) is 0 Å². The topological polar surface area (TPSA) is 36.0 Å². The minimum Gasteiger partial charge on any atom is -0.456 e. The zero-order chi connectivity index (χ0) is 55.5. The van der Waals surface area contributed by atoms with E-state index in [1.165, 1.54) is 25.7 Å². The number of hydrogen-bond donors (Lipinski definition) is 0. The van der Waals surface area contributed by atoms with Crippen molar-refractivity contribution in [3.63, 3.8) is 0 Å². The van der Waals surface area contributed by atoms with E-state index in [1.807, 2.05) is 35.6 Å². The number of para-hydroxylation sites is 4. The van der Waals surface area contributed by atoms with Gasteiger partial charge in [-0.15, -0.1) is 11.3 Å². The fourth-order valence-electron chi connectivity index (χ4n) is 12.2. The summed E-state index contributed by atoms with van der Waals surface area (Å²) in [7, 11) is 0. The number of hydrogen-bond acceptors (Lipinski definition) is 6. The summed E-state index contributed by atoms with van der Waals surface area (Å²) in [6.07, 6.45) is 0. The van der Waals surface area contributed by atoms with Gasteiger partial charge in [-0.2, -0.15) is 0 Å². The highest BCUT2D eigenvalue weighted by molar-refractivity contribution is 7.26. The molecule has 0 atom stereocenters. The van der Waals surface area contributed by atoms with Gasteiger partial charge in [-0.05, 0) is 161 Å². The van der Waals surface area contributed by atoms with Crippen LogP contribution in [-0.4, -0.2) is 0 Å². The Morgan fingerprint density at radius 3 is 1.08 bits per heavy atom. The molecule has 0 fully saturated rings.